The van der Waals surface area contributed by atoms with Crippen molar-refractivity contribution >= 4 is 39.7 Å². The van der Waals surface area contributed by atoms with Crippen molar-refractivity contribution < 1.29 is 23.9 Å². The van der Waals surface area contributed by atoms with E-state index in [0.717, 1.165) is 16.4 Å². The Hall–Kier alpha value is -3.35. The number of carboxylic acids is 1. The molecule has 0 spiro atoms. The SMILES string of the molecule is CC1(C)C[C@@H](C(=O)O)N(C(=O)CNC(=O)c2ccc3oc4ccccc4c3c2)C1. The Morgan fingerprint density at radius 2 is 1.86 bits per heavy atom. The summed E-state index contributed by atoms with van der Waals surface area (Å²) in [5, 5.41) is 13.7. The molecule has 4 rings (SSSR count). The molecule has 0 aliphatic carbocycles. The molecule has 3 aromatic rings. The second-order valence-electron chi connectivity index (χ2n) is 8.24. The molecule has 0 unspecified atom stereocenters. The van der Waals surface area contributed by atoms with Gasteiger partial charge in [0.25, 0.3) is 5.91 Å². The van der Waals surface area contributed by atoms with Crippen molar-refractivity contribution in [2.45, 2.75) is 26.3 Å². The number of benzene rings is 2. The van der Waals surface area contributed by atoms with E-state index in [0.29, 0.717) is 24.1 Å². The van der Waals surface area contributed by atoms with Gasteiger partial charge in [0.1, 0.15) is 17.2 Å². The first kappa shape index (κ1) is 19.0. The number of para-hydroxylation sites is 1. The maximum atomic E-state index is 12.6. The van der Waals surface area contributed by atoms with Crippen LogP contribution in [0.3, 0.4) is 0 Å². The van der Waals surface area contributed by atoms with Crippen LogP contribution in [0, 0.1) is 5.41 Å². The van der Waals surface area contributed by atoms with Crippen LogP contribution in [0.15, 0.2) is 46.9 Å². The van der Waals surface area contributed by atoms with Crippen molar-refractivity contribution in [3.8, 4) is 0 Å². The summed E-state index contributed by atoms with van der Waals surface area (Å²) in [6.07, 6.45) is 0.395. The lowest BCUT2D eigenvalue weighted by Crippen LogP contribution is -2.45. The van der Waals surface area contributed by atoms with Gasteiger partial charge in [0, 0.05) is 22.9 Å². The number of amides is 2. The molecular formula is C22H22N2O5. The van der Waals surface area contributed by atoms with Gasteiger partial charge in [0.2, 0.25) is 5.91 Å². The number of carbonyl (C=O) groups is 3. The molecule has 2 amide bonds. The quantitative estimate of drug-likeness (QED) is 0.709. The molecule has 29 heavy (non-hydrogen) atoms. The van der Waals surface area contributed by atoms with Gasteiger partial charge >= 0.3 is 5.97 Å². The number of nitrogens with zero attached hydrogens (tertiary/aromatic N) is 1. The van der Waals surface area contributed by atoms with Crippen LogP contribution in [-0.4, -0.2) is 46.9 Å². The number of carboxylic acid groups (broad SMARTS) is 1. The molecule has 1 saturated heterocycles. The topological polar surface area (TPSA) is 99.9 Å². The van der Waals surface area contributed by atoms with E-state index in [2.05, 4.69) is 5.32 Å². The van der Waals surface area contributed by atoms with E-state index in [4.69, 9.17) is 4.42 Å². The molecule has 0 bridgehead atoms. The van der Waals surface area contributed by atoms with Crippen LogP contribution in [0.5, 0.6) is 0 Å². The van der Waals surface area contributed by atoms with Gasteiger partial charge in [-0.2, -0.15) is 0 Å². The Labute approximate surface area is 167 Å². The summed E-state index contributed by atoms with van der Waals surface area (Å²) in [5.74, 6) is -1.81. The Morgan fingerprint density at radius 1 is 1.14 bits per heavy atom. The van der Waals surface area contributed by atoms with Crippen molar-refractivity contribution in [3.63, 3.8) is 0 Å². The highest BCUT2D eigenvalue weighted by Crippen LogP contribution is 2.34. The summed E-state index contributed by atoms with van der Waals surface area (Å²) in [6, 6.07) is 11.8. The number of likely N-dealkylation sites (tertiary alicyclic amines) is 1. The van der Waals surface area contributed by atoms with Crippen LogP contribution >= 0.6 is 0 Å². The average molecular weight is 394 g/mol. The number of nitrogens with one attached hydrogen (secondary N) is 1. The summed E-state index contributed by atoms with van der Waals surface area (Å²) >= 11 is 0. The molecule has 0 saturated carbocycles. The molecule has 150 valence electrons. The fourth-order valence-corrected chi connectivity index (χ4v) is 3.98. The van der Waals surface area contributed by atoms with E-state index >= 15 is 0 Å². The zero-order valence-corrected chi connectivity index (χ0v) is 16.3. The Kier molecular flexibility index (Phi) is 4.53. The number of hydrogen-bond acceptors (Lipinski definition) is 4. The fourth-order valence-electron chi connectivity index (χ4n) is 3.98. The molecule has 7 nitrogen and oxygen atoms in total. The average Bonchev–Trinajstić information content (AvgIpc) is 3.22. The normalized spacial score (nSPS) is 18.3. The monoisotopic (exact) mass is 394 g/mol. The highest BCUT2D eigenvalue weighted by atomic mass is 16.4. The zero-order chi connectivity index (χ0) is 20.8. The zero-order valence-electron chi connectivity index (χ0n) is 16.3. The molecule has 1 atom stereocenters. The summed E-state index contributed by atoms with van der Waals surface area (Å²) in [5.41, 5.74) is 1.57. The first-order valence-electron chi connectivity index (χ1n) is 9.47. The van der Waals surface area contributed by atoms with E-state index < -0.39 is 23.8 Å². The molecule has 2 aromatic carbocycles. The molecule has 1 aliphatic rings. The van der Waals surface area contributed by atoms with Crippen LogP contribution in [0.2, 0.25) is 0 Å². The van der Waals surface area contributed by atoms with Gasteiger partial charge in [-0.15, -0.1) is 0 Å². The minimum atomic E-state index is -1.02. The van der Waals surface area contributed by atoms with Crippen LogP contribution in [0.25, 0.3) is 21.9 Å². The third-order valence-electron chi connectivity index (χ3n) is 5.37. The summed E-state index contributed by atoms with van der Waals surface area (Å²) in [4.78, 5) is 38.0. The number of rotatable bonds is 4. The van der Waals surface area contributed by atoms with Gasteiger partial charge in [-0.1, -0.05) is 32.0 Å². The van der Waals surface area contributed by atoms with Gasteiger partial charge < -0.3 is 19.7 Å². The predicted molar refractivity (Wildman–Crippen MR) is 108 cm³/mol. The molecule has 1 aliphatic heterocycles. The number of furan rings is 1. The molecular weight excluding hydrogens is 372 g/mol. The first-order valence-corrected chi connectivity index (χ1v) is 9.47. The molecule has 7 heteroatoms. The highest BCUT2D eigenvalue weighted by Gasteiger charge is 2.43. The van der Waals surface area contributed by atoms with Gasteiger partial charge in [-0.05, 0) is 36.1 Å². The Balaban J connectivity index is 1.49. The largest absolute Gasteiger partial charge is 0.480 e. The minimum absolute atomic E-state index is 0.247. The van der Waals surface area contributed by atoms with Gasteiger partial charge in [-0.3, -0.25) is 9.59 Å². The predicted octanol–water partition coefficient (Wildman–Crippen LogP) is 3.03. The molecule has 2 N–H and O–H groups in total. The smallest absolute Gasteiger partial charge is 0.326 e. The molecule has 2 heterocycles. The maximum Gasteiger partial charge on any atom is 0.326 e. The summed E-state index contributed by atoms with van der Waals surface area (Å²) in [6.45, 7) is 3.97. The Bertz CT molecular complexity index is 1130. The number of carbonyl (C=O) groups excluding carboxylic acids is 2. The lowest BCUT2D eigenvalue weighted by molar-refractivity contribution is -0.147. The number of hydrogen-bond donors (Lipinski definition) is 2. The van der Waals surface area contributed by atoms with E-state index in [-0.39, 0.29) is 12.0 Å². The van der Waals surface area contributed by atoms with Crippen molar-refractivity contribution in [1.82, 2.24) is 10.2 Å². The van der Waals surface area contributed by atoms with E-state index in [1.54, 1.807) is 18.2 Å². The first-order chi connectivity index (χ1) is 13.7. The van der Waals surface area contributed by atoms with Crippen LogP contribution in [0.1, 0.15) is 30.6 Å². The van der Waals surface area contributed by atoms with E-state index in [1.807, 2.05) is 38.1 Å². The van der Waals surface area contributed by atoms with Crippen LogP contribution < -0.4 is 5.32 Å². The van der Waals surface area contributed by atoms with E-state index in [1.165, 1.54) is 4.90 Å². The number of fused-ring (bicyclic) bond motifs is 3. The fraction of sp³-hybridized carbons (Fsp3) is 0.318. The van der Waals surface area contributed by atoms with Gasteiger partial charge in [0.05, 0.1) is 6.54 Å². The molecule has 0 radical (unpaired) electrons. The lowest BCUT2D eigenvalue weighted by Gasteiger charge is -2.22. The lowest BCUT2D eigenvalue weighted by atomic mass is 9.91. The van der Waals surface area contributed by atoms with Crippen molar-refractivity contribution in [3.05, 3.63) is 48.0 Å². The van der Waals surface area contributed by atoms with Crippen LogP contribution in [-0.2, 0) is 9.59 Å². The van der Waals surface area contributed by atoms with Gasteiger partial charge in [0.15, 0.2) is 0 Å². The van der Waals surface area contributed by atoms with Gasteiger partial charge in [-0.25, -0.2) is 4.79 Å². The molecule has 1 aromatic heterocycles. The van der Waals surface area contributed by atoms with Crippen molar-refractivity contribution in [2.24, 2.45) is 5.41 Å². The van der Waals surface area contributed by atoms with Crippen molar-refractivity contribution in [2.75, 3.05) is 13.1 Å². The minimum Gasteiger partial charge on any atom is -0.480 e. The third kappa shape index (κ3) is 3.55. The number of aliphatic carboxylic acids is 1. The van der Waals surface area contributed by atoms with Crippen LogP contribution in [0.4, 0.5) is 0 Å². The highest BCUT2D eigenvalue weighted by molar-refractivity contribution is 6.08. The summed E-state index contributed by atoms with van der Waals surface area (Å²) in [7, 11) is 0. The standard InChI is InChI=1S/C22H22N2O5/c1-22(2)10-16(21(27)28)24(12-22)19(25)11-23-20(26)13-7-8-18-15(9-13)14-5-3-4-6-17(14)29-18/h3-9,16H,10-12H2,1-2H3,(H,23,26)(H,27,28)/t16-/m0/s1. The van der Waals surface area contributed by atoms with E-state index in [9.17, 15) is 19.5 Å². The second-order valence-corrected chi connectivity index (χ2v) is 8.24. The van der Waals surface area contributed by atoms with Crippen molar-refractivity contribution in [1.29, 1.82) is 0 Å². The Morgan fingerprint density at radius 3 is 2.62 bits per heavy atom. The summed E-state index contributed by atoms with van der Waals surface area (Å²) < 4.78 is 5.76. The third-order valence-corrected chi connectivity index (χ3v) is 5.37. The molecule has 1 fully saturated rings. The maximum absolute atomic E-state index is 12.6. The second kappa shape index (κ2) is 6.92.